The predicted octanol–water partition coefficient (Wildman–Crippen LogP) is 2.73. The van der Waals surface area contributed by atoms with Crippen LogP contribution in [0.25, 0.3) is 0 Å². The first kappa shape index (κ1) is 11.8. The summed E-state index contributed by atoms with van der Waals surface area (Å²) in [5.74, 6) is 0.953. The number of halogens is 1. The summed E-state index contributed by atoms with van der Waals surface area (Å²) in [7, 11) is 1.72. The number of nitrogens with one attached hydrogen (secondary N) is 1. The maximum atomic E-state index is 5.43. The van der Waals surface area contributed by atoms with Gasteiger partial charge in [0.15, 0.2) is 4.67 Å². The molecule has 1 aromatic rings. The normalized spacial score (nSPS) is 13.1. The number of furan rings is 1. The van der Waals surface area contributed by atoms with Gasteiger partial charge in [0.2, 0.25) is 0 Å². The van der Waals surface area contributed by atoms with Gasteiger partial charge >= 0.3 is 0 Å². The largest absolute Gasteiger partial charge is 0.453 e. The highest BCUT2D eigenvalue weighted by atomic mass is 79.9. The fourth-order valence-electron chi connectivity index (χ4n) is 1.20. The third-order valence-electron chi connectivity index (χ3n) is 2.00. The lowest BCUT2D eigenvalue weighted by Gasteiger charge is -2.10. The van der Waals surface area contributed by atoms with Crippen LogP contribution in [0.5, 0.6) is 0 Å². The first-order chi connectivity index (χ1) is 6.74. The van der Waals surface area contributed by atoms with Crippen molar-refractivity contribution in [3.63, 3.8) is 0 Å². The molecule has 0 saturated heterocycles. The molecule has 0 aliphatic carbocycles. The number of ether oxygens (including phenoxy) is 1. The van der Waals surface area contributed by atoms with Crippen molar-refractivity contribution in [2.45, 2.75) is 19.4 Å². The predicted molar refractivity (Wildman–Crippen MR) is 59.3 cm³/mol. The Labute approximate surface area is 92.9 Å². The van der Waals surface area contributed by atoms with Crippen LogP contribution in [-0.4, -0.2) is 20.3 Å². The van der Waals surface area contributed by atoms with E-state index >= 15 is 0 Å². The molecule has 80 valence electrons. The van der Waals surface area contributed by atoms with Gasteiger partial charge in [0, 0.05) is 13.7 Å². The molecule has 0 spiro atoms. The smallest absolute Gasteiger partial charge is 0.169 e. The molecule has 14 heavy (non-hydrogen) atoms. The molecule has 1 heterocycles. The average Bonchev–Trinajstić information content (AvgIpc) is 2.59. The number of methoxy groups -OCH3 is 1. The highest BCUT2D eigenvalue weighted by Crippen LogP contribution is 2.19. The van der Waals surface area contributed by atoms with E-state index in [0.717, 1.165) is 30.0 Å². The standard InChI is InChI=1S/C10H16BrNO2/c1-8(12-6-3-7-13-2)9-4-5-10(11)14-9/h4-5,8,12H,3,6-7H2,1-2H3. The van der Waals surface area contributed by atoms with Gasteiger partial charge in [-0.05, 0) is 48.0 Å². The number of hydrogen-bond donors (Lipinski definition) is 1. The molecular weight excluding hydrogens is 246 g/mol. The number of hydrogen-bond acceptors (Lipinski definition) is 3. The Hall–Kier alpha value is -0.320. The molecule has 0 bridgehead atoms. The van der Waals surface area contributed by atoms with Gasteiger partial charge in [0.05, 0.1) is 6.04 Å². The molecule has 0 amide bonds. The fraction of sp³-hybridized carbons (Fsp3) is 0.600. The summed E-state index contributed by atoms with van der Waals surface area (Å²) in [6, 6.07) is 4.12. The molecule has 0 saturated carbocycles. The molecule has 0 aliphatic rings. The Morgan fingerprint density at radius 1 is 1.57 bits per heavy atom. The Bertz CT molecular complexity index is 262. The molecule has 0 aliphatic heterocycles. The minimum Gasteiger partial charge on any atom is -0.453 e. The van der Waals surface area contributed by atoms with E-state index in [1.165, 1.54) is 0 Å². The Balaban J connectivity index is 2.25. The van der Waals surface area contributed by atoms with Crippen molar-refractivity contribution >= 4 is 15.9 Å². The van der Waals surface area contributed by atoms with Crippen LogP contribution in [0.2, 0.25) is 0 Å². The highest BCUT2D eigenvalue weighted by Gasteiger charge is 2.08. The van der Waals surface area contributed by atoms with Crippen molar-refractivity contribution < 1.29 is 9.15 Å². The Kier molecular flexibility index (Phi) is 5.22. The fourth-order valence-corrected chi connectivity index (χ4v) is 1.52. The van der Waals surface area contributed by atoms with Crippen molar-refractivity contribution in [2.75, 3.05) is 20.3 Å². The monoisotopic (exact) mass is 261 g/mol. The average molecular weight is 262 g/mol. The van der Waals surface area contributed by atoms with Crippen LogP contribution in [0.1, 0.15) is 25.1 Å². The van der Waals surface area contributed by atoms with E-state index in [4.69, 9.17) is 9.15 Å². The second kappa shape index (κ2) is 6.22. The summed E-state index contributed by atoms with van der Waals surface area (Å²) in [5.41, 5.74) is 0. The molecule has 0 fully saturated rings. The first-order valence-electron chi connectivity index (χ1n) is 4.71. The van der Waals surface area contributed by atoms with Crippen molar-refractivity contribution in [1.82, 2.24) is 5.32 Å². The van der Waals surface area contributed by atoms with Gasteiger partial charge in [-0.25, -0.2) is 0 Å². The van der Waals surface area contributed by atoms with Gasteiger partial charge in [-0.2, -0.15) is 0 Å². The van der Waals surface area contributed by atoms with E-state index in [2.05, 4.69) is 28.2 Å². The van der Waals surface area contributed by atoms with E-state index in [0.29, 0.717) is 0 Å². The minimum atomic E-state index is 0.248. The van der Waals surface area contributed by atoms with E-state index < -0.39 is 0 Å². The first-order valence-corrected chi connectivity index (χ1v) is 5.51. The zero-order valence-corrected chi connectivity index (χ0v) is 10.1. The van der Waals surface area contributed by atoms with Crippen LogP contribution < -0.4 is 5.32 Å². The SMILES string of the molecule is COCCCNC(C)c1ccc(Br)o1. The van der Waals surface area contributed by atoms with Gasteiger partial charge in [-0.3, -0.25) is 0 Å². The van der Waals surface area contributed by atoms with Crippen LogP contribution in [-0.2, 0) is 4.74 Å². The molecule has 1 rings (SSSR count). The highest BCUT2D eigenvalue weighted by molar-refractivity contribution is 9.10. The topological polar surface area (TPSA) is 34.4 Å². The van der Waals surface area contributed by atoms with Crippen LogP contribution in [0.15, 0.2) is 21.2 Å². The van der Waals surface area contributed by atoms with Crippen LogP contribution >= 0.6 is 15.9 Å². The van der Waals surface area contributed by atoms with Crippen LogP contribution in [0.4, 0.5) is 0 Å². The maximum Gasteiger partial charge on any atom is 0.169 e. The van der Waals surface area contributed by atoms with Crippen molar-refractivity contribution in [3.8, 4) is 0 Å². The summed E-state index contributed by atoms with van der Waals surface area (Å²) in [5, 5.41) is 3.35. The van der Waals surface area contributed by atoms with Gasteiger partial charge in [-0.15, -0.1) is 0 Å². The second-order valence-corrected chi connectivity index (χ2v) is 3.95. The Morgan fingerprint density at radius 3 is 2.93 bits per heavy atom. The zero-order chi connectivity index (χ0) is 10.4. The third kappa shape index (κ3) is 3.82. The quantitative estimate of drug-likeness (QED) is 0.800. The zero-order valence-electron chi connectivity index (χ0n) is 8.55. The van der Waals surface area contributed by atoms with Gasteiger partial charge < -0.3 is 14.5 Å². The van der Waals surface area contributed by atoms with E-state index in [9.17, 15) is 0 Å². The molecule has 1 aromatic heterocycles. The van der Waals surface area contributed by atoms with E-state index in [1.807, 2.05) is 12.1 Å². The van der Waals surface area contributed by atoms with Gasteiger partial charge in [-0.1, -0.05) is 0 Å². The molecular formula is C10H16BrNO2. The number of rotatable bonds is 6. The molecule has 0 radical (unpaired) electrons. The molecule has 1 atom stereocenters. The molecule has 1 unspecified atom stereocenters. The molecule has 1 N–H and O–H groups in total. The van der Waals surface area contributed by atoms with Gasteiger partial charge in [0.25, 0.3) is 0 Å². The van der Waals surface area contributed by atoms with Crippen molar-refractivity contribution in [2.24, 2.45) is 0 Å². The molecule has 3 nitrogen and oxygen atoms in total. The van der Waals surface area contributed by atoms with Crippen molar-refractivity contribution in [3.05, 3.63) is 22.6 Å². The summed E-state index contributed by atoms with van der Waals surface area (Å²) < 4.78 is 11.2. The lowest BCUT2D eigenvalue weighted by atomic mass is 10.2. The van der Waals surface area contributed by atoms with Gasteiger partial charge in [0.1, 0.15) is 5.76 Å². The molecule has 0 aromatic carbocycles. The summed E-state index contributed by atoms with van der Waals surface area (Å²) >= 11 is 3.28. The summed E-state index contributed by atoms with van der Waals surface area (Å²) in [4.78, 5) is 0. The van der Waals surface area contributed by atoms with Crippen LogP contribution in [0.3, 0.4) is 0 Å². The van der Waals surface area contributed by atoms with Crippen LogP contribution in [0, 0.1) is 0 Å². The maximum absolute atomic E-state index is 5.43. The summed E-state index contributed by atoms with van der Waals surface area (Å²) in [6.07, 6.45) is 1.02. The lowest BCUT2D eigenvalue weighted by molar-refractivity contribution is 0.193. The Morgan fingerprint density at radius 2 is 2.36 bits per heavy atom. The van der Waals surface area contributed by atoms with E-state index in [-0.39, 0.29) is 6.04 Å². The van der Waals surface area contributed by atoms with E-state index in [1.54, 1.807) is 7.11 Å². The lowest BCUT2D eigenvalue weighted by Crippen LogP contribution is -2.20. The minimum absolute atomic E-state index is 0.248. The molecule has 4 heteroatoms. The second-order valence-electron chi connectivity index (χ2n) is 3.16. The third-order valence-corrected chi connectivity index (χ3v) is 2.42. The van der Waals surface area contributed by atoms with Crippen molar-refractivity contribution in [1.29, 1.82) is 0 Å². The summed E-state index contributed by atoms with van der Waals surface area (Å²) in [6.45, 7) is 3.81.